The number of anilines is 2. The highest BCUT2D eigenvalue weighted by Gasteiger charge is 2.10. The van der Waals surface area contributed by atoms with E-state index in [0.29, 0.717) is 12.1 Å². The van der Waals surface area contributed by atoms with Gasteiger partial charge in [-0.3, -0.25) is 14.8 Å². The number of aryl methyl sites for hydroxylation is 1. The van der Waals surface area contributed by atoms with Gasteiger partial charge in [0, 0.05) is 23.1 Å². The molecule has 1 amide bonds. The molecule has 0 saturated carbocycles. The van der Waals surface area contributed by atoms with E-state index in [0.717, 1.165) is 27.1 Å². The highest BCUT2D eigenvalue weighted by atomic mass is 79.9. The molecule has 2 heterocycles. The van der Waals surface area contributed by atoms with Crippen molar-refractivity contribution in [1.82, 2.24) is 9.97 Å². The Bertz CT molecular complexity index is 884. The molecule has 25 heavy (non-hydrogen) atoms. The third-order valence-electron chi connectivity index (χ3n) is 3.57. The second-order valence-electron chi connectivity index (χ2n) is 5.57. The Morgan fingerprint density at radius 3 is 2.80 bits per heavy atom. The number of amides is 1. The number of nitrogens with one attached hydrogen (secondary N) is 2. The van der Waals surface area contributed by atoms with E-state index >= 15 is 0 Å². The number of hydrogen-bond donors (Lipinski definition) is 2. The maximum absolute atomic E-state index is 12.5. The Kier molecular flexibility index (Phi) is 5.40. The van der Waals surface area contributed by atoms with Gasteiger partial charge in [0.05, 0.1) is 29.2 Å². The van der Waals surface area contributed by atoms with E-state index < -0.39 is 0 Å². The number of nitrogens with zero attached hydrogens (tertiary/aromatic N) is 2. The number of hydrogen-bond acceptors (Lipinski definition) is 4. The smallest absolute Gasteiger partial charge is 0.257 e. The minimum absolute atomic E-state index is 0.210. The average Bonchev–Trinajstić information content (AvgIpc) is 2.63. The van der Waals surface area contributed by atoms with Gasteiger partial charge in [-0.25, -0.2) is 0 Å². The second-order valence-corrected chi connectivity index (χ2v) is 6.43. The van der Waals surface area contributed by atoms with E-state index in [-0.39, 0.29) is 5.91 Å². The average molecular weight is 397 g/mol. The van der Waals surface area contributed by atoms with Gasteiger partial charge in [0.25, 0.3) is 5.91 Å². The molecule has 3 rings (SSSR count). The van der Waals surface area contributed by atoms with Crippen LogP contribution in [0.25, 0.3) is 0 Å². The molecule has 0 fully saturated rings. The first-order chi connectivity index (χ1) is 12.1. The standard InChI is InChI=1S/C19H17BrN4O/c1-13-5-6-18(17(20)8-13)24-19(25)14-9-16(11-21-10-14)23-12-15-4-2-3-7-22-15/h2-11,23H,12H2,1H3,(H,24,25). The molecule has 0 spiro atoms. The predicted molar refractivity (Wildman–Crippen MR) is 103 cm³/mol. The zero-order chi connectivity index (χ0) is 17.6. The van der Waals surface area contributed by atoms with Crippen LogP contribution in [0.2, 0.25) is 0 Å². The molecule has 0 aliphatic heterocycles. The van der Waals surface area contributed by atoms with Crippen molar-refractivity contribution in [3.05, 3.63) is 82.3 Å². The molecular formula is C19H17BrN4O. The number of benzene rings is 1. The quantitative estimate of drug-likeness (QED) is 0.669. The van der Waals surface area contributed by atoms with E-state index in [1.807, 2.05) is 43.3 Å². The summed E-state index contributed by atoms with van der Waals surface area (Å²) in [5, 5.41) is 6.11. The van der Waals surface area contributed by atoms with Gasteiger partial charge in [0.15, 0.2) is 0 Å². The largest absolute Gasteiger partial charge is 0.378 e. The molecule has 2 aromatic heterocycles. The summed E-state index contributed by atoms with van der Waals surface area (Å²) >= 11 is 3.46. The van der Waals surface area contributed by atoms with Crippen LogP contribution in [-0.4, -0.2) is 15.9 Å². The minimum atomic E-state index is -0.210. The van der Waals surface area contributed by atoms with Crippen molar-refractivity contribution in [3.8, 4) is 0 Å². The van der Waals surface area contributed by atoms with Crippen LogP contribution in [0.1, 0.15) is 21.6 Å². The van der Waals surface area contributed by atoms with Gasteiger partial charge in [-0.05, 0) is 58.7 Å². The molecule has 0 unspecified atom stereocenters. The summed E-state index contributed by atoms with van der Waals surface area (Å²) < 4.78 is 0.846. The molecule has 3 aromatic rings. The monoisotopic (exact) mass is 396 g/mol. The molecule has 126 valence electrons. The highest BCUT2D eigenvalue weighted by molar-refractivity contribution is 9.10. The molecule has 0 radical (unpaired) electrons. The molecule has 0 aliphatic rings. The predicted octanol–water partition coefficient (Wildman–Crippen LogP) is 4.41. The summed E-state index contributed by atoms with van der Waals surface area (Å²) in [5.41, 5.74) is 4.01. The van der Waals surface area contributed by atoms with Crippen molar-refractivity contribution in [2.75, 3.05) is 10.6 Å². The van der Waals surface area contributed by atoms with Crippen LogP contribution >= 0.6 is 15.9 Å². The van der Waals surface area contributed by atoms with Gasteiger partial charge in [-0.15, -0.1) is 0 Å². The molecule has 5 nitrogen and oxygen atoms in total. The lowest BCUT2D eigenvalue weighted by molar-refractivity contribution is 0.102. The molecular weight excluding hydrogens is 380 g/mol. The fraction of sp³-hybridized carbons (Fsp3) is 0.105. The van der Waals surface area contributed by atoms with Crippen LogP contribution in [0, 0.1) is 6.92 Å². The molecule has 6 heteroatoms. The summed E-state index contributed by atoms with van der Waals surface area (Å²) in [7, 11) is 0. The summed E-state index contributed by atoms with van der Waals surface area (Å²) in [5.74, 6) is -0.210. The number of pyridine rings is 2. The fourth-order valence-corrected chi connectivity index (χ4v) is 2.86. The van der Waals surface area contributed by atoms with Crippen LogP contribution in [0.5, 0.6) is 0 Å². The number of carbonyl (C=O) groups is 1. The van der Waals surface area contributed by atoms with Crippen LogP contribution in [0.15, 0.2) is 65.5 Å². The maximum atomic E-state index is 12.5. The van der Waals surface area contributed by atoms with Crippen molar-refractivity contribution in [3.63, 3.8) is 0 Å². The third kappa shape index (κ3) is 4.64. The lowest BCUT2D eigenvalue weighted by atomic mass is 10.2. The van der Waals surface area contributed by atoms with Crippen molar-refractivity contribution < 1.29 is 4.79 Å². The van der Waals surface area contributed by atoms with Gasteiger partial charge in [-0.2, -0.15) is 0 Å². The zero-order valence-corrected chi connectivity index (χ0v) is 15.2. The summed E-state index contributed by atoms with van der Waals surface area (Å²) in [6, 6.07) is 13.3. The van der Waals surface area contributed by atoms with Crippen molar-refractivity contribution >= 4 is 33.2 Å². The first-order valence-electron chi connectivity index (χ1n) is 7.78. The minimum Gasteiger partial charge on any atom is -0.378 e. The van der Waals surface area contributed by atoms with E-state index in [4.69, 9.17) is 0 Å². The molecule has 0 bridgehead atoms. The van der Waals surface area contributed by atoms with Crippen molar-refractivity contribution in [1.29, 1.82) is 0 Å². The van der Waals surface area contributed by atoms with Gasteiger partial charge in [-0.1, -0.05) is 12.1 Å². The van der Waals surface area contributed by atoms with Crippen LogP contribution in [0.4, 0.5) is 11.4 Å². The van der Waals surface area contributed by atoms with E-state index in [9.17, 15) is 4.79 Å². The lowest BCUT2D eigenvalue weighted by Gasteiger charge is -2.10. The highest BCUT2D eigenvalue weighted by Crippen LogP contribution is 2.24. The molecule has 1 aromatic carbocycles. The first-order valence-corrected chi connectivity index (χ1v) is 8.57. The number of aromatic nitrogens is 2. The van der Waals surface area contributed by atoms with Gasteiger partial charge in [0.2, 0.25) is 0 Å². The Morgan fingerprint density at radius 1 is 1.16 bits per heavy atom. The number of rotatable bonds is 5. The Hall–Kier alpha value is -2.73. The van der Waals surface area contributed by atoms with Gasteiger partial charge in [0.1, 0.15) is 0 Å². The summed E-state index contributed by atoms with van der Waals surface area (Å²) in [4.78, 5) is 20.9. The normalized spacial score (nSPS) is 10.3. The van der Waals surface area contributed by atoms with Crippen LogP contribution in [-0.2, 0) is 6.54 Å². The van der Waals surface area contributed by atoms with Crippen LogP contribution < -0.4 is 10.6 Å². The SMILES string of the molecule is Cc1ccc(NC(=O)c2cncc(NCc3ccccn3)c2)c(Br)c1. The topological polar surface area (TPSA) is 66.9 Å². The zero-order valence-electron chi connectivity index (χ0n) is 13.7. The van der Waals surface area contributed by atoms with Gasteiger partial charge >= 0.3 is 0 Å². The van der Waals surface area contributed by atoms with Crippen molar-refractivity contribution in [2.45, 2.75) is 13.5 Å². The van der Waals surface area contributed by atoms with E-state index in [2.05, 4.69) is 36.5 Å². The molecule has 2 N–H and O–H groups in total. The molecule has 0 atom stereocenters. The van der Waals surface area contributed by atoms with E-state index in [1.165, 1.54) is 0 Å². The molecule has 0 aliphatic carbocycles. The van der Waals surface area contributed by atoms with Gasteiger partial charge < -0.3 is 10.6 Å². The lowest BCUT2D eigenvalue weighted by Crippen LogP contribution is -2.13. The number of carbonyl (C=O) groups excluding carboxylic acids is 1. The fourth-order valence-electron chi connectivity index (χ4n) is 2.27. The Labute approximate surface area is 154 Å². The maximum Gasteiger partial charge on any atom is 0.257 e. The molecule has 0 saturated heterocycles. The van der Waals surface area contributed by atoms with Crippen LogP contribution in [0.3, 0.4) is 0 Å². The van der Waals surface area contributed by atoms with E-state index in [1.54, 1.807) is 24.7 Å². The third-order valence-corrected chi connectivity index (χ3v) is 4.23. The summed E-state index contributed by atoms with van der Waals surface area (Å²) in [6.07, 6.45) is 4.98. The first kappa shape index (κ1) is 17.1. The number of halogens is 1. The van der Waals surface area contributed by atoms with Crippen molar-refractivity contribution in [2.24, 2.45) is 0 Å². The Morgan fingerprint density at radius 2 is 2.04 bits per heavy atom. The second kappa shape index (κ2) is 7.90. The summed E-state index contributed by atoms with van der Waals surface area (Å²) in [6.45, 7) is 2.56. The Balaban J connectivity index is 1.69.